The van der Waals surface area contributed by atoms with Crippen LogP contribution >= 0.6 is 11.3 Å². The molecule has 21 heavy (non-hydrogen) atoms. The maximum Gasteiger partial charge on any atom is 0.348 e. The number of esters is 1. The highest BCUT2D eigenvalue weighted by Crippen LogP contribution is 2.27. The van der Waals surface area contributed by atoms with Crippen LogP contribution in [0.1, 0.15) is 38.3 Å². The van der Waals surface area contributed by atoms with Crippen LogP contribution in [0, 0.1) is 13.8 Å². The summed E-state index contributed by atoms with van der Waals surface area (Å²) in [5.41, 5.74) is 2.03. The van der Waals surface area contributed by atoms with Crippen LogP contribution in [0.5, 0.6) is 0 Å². The lowest BCUT2D eigenvalue weighted by atomic mass is 10.3. The Morgan fingerprint density at radius 3 is 2.67 bits per heavy atom. The summed E-state index contributed by atoms with van der Waals surface area (Å²) < 4.78 is 6.50. The Balaban J connectivity index is 2.17. The molecule has 0 saturated carbocycles. The average molecular weight is 307 g/mol. The lowest BCUT2D eigenvalue weighted by Gasteiger charge is -2.02. The molecular weight excluding hydrogens is 290 g/mol. The molecule has 0 radical (unpaired) electrons. The molecule has 2 aromatic heterocycles. The van der Waals surface area contributed by atoms with E-state index in [1.165, 1.54) is 16.0 Å². The number of hydrogen-bond acceptors (Lipinski definition) is 5. The van der Waals surface area contributed by atoms with Crippen molar-refractivity contribution in [2.45, 2.75) is 20.8 Å². The topological polar surface area (TPSA) is 73.2 Å². The molecule has 0 unspecified atom stereocenters. The first-order valence-corrected chi connectivity index (χ1v) is 7.33. The third-order valence-corrected chi connectivity index (χ3v) is 3.98. The van der Waals surface area contributed by atoms with Gasteiger partial charge in [0.05, 0.1) is 17.3 Å². The molecule has 0 saturated heterocycles. The number of anilines is 1. The van der Waals surface area contributed by atoms with E-state index in [4.69, 9.17) is 4.74 Å². The van der Waals surface area contributed by atoms with Crippen LogP contribution in [0.4, 0.5) is 5.00 Å². The van der Waals surface area contributed by atoms with E-state index in [0.717, 1.165) is 11.3 Å². The molecular formula is C14H17N3O3S. The largest absolute Gasteiger partial charge is 0.462 e. The summed E-state index contributed by atoms with van der Waals surface area (Å²) >= 11 is 1.21. The van der Waals surface area contributed by atoms with Crippen molar-refractivity contribution < 1.29 is 14.3 Å². The second-order valence-electron chi connectivity index (χ2n) is 4.59. The van der Waals surface area contributed by atoms with Crippen molar-refractivity contribution in [2.75, 3.05) is 11.9 Å². The fraction of sp³-hybridized carbons (Fsp3) is 0.357. The highest BCUT2D eigenvalue weighted by atomic mass is 32.1. The standard InChI is InChI=1S/C14H17N3O3S/c1-5-20-14(19)12-8(2)6-11(21-12)15-13(18)10-7-9(3)16-17(10)4/h6-7H,5H2,1-4H3,(H,15,18). The summed E-state index contributed by atoms with van der Waals surface area (Å²) in [5, 5.41) is 7.53. The second kappa shape index (κ2) is 6.09. The molecule has 1 amide bonds. The quantitative estimate of drug-likeness (QED) is 0.881. The van der Waals surface area contributed by atoms with Gasteiger partial charge in [-0.15, -0.1) is 11.3 Å². The number of amides is 1. The van der Waals surface area contributed by atoms with E-state index in [2.05, 4.69) is 10.4 Å². The van der Waals surface area contributed by atoms with Crippen LogP contribution in [0.3, 0.4) is 0 Å². The van der Waals surface area contributed by atoms with Crippen molar-refractivity contribution in [3.8, 4) is 0 Å². The van der Waals surface area contributed by atoms with Crippen LogP contribution in [0.15, 0.2) is 12.1 Å². The van der Waals surface area contributed by atoms with E-state index in [9.17, 15) is 9.59 Å². The Labute approximate surface area is 126 Å². The first-order chi connectivity index (χ1) is 9.92. The van der Waals surface area contributed by atoms with Crippen LogP contribution in [-0.4, -0.2) is 28.3 Å². The Morgan fingerprint density at radius 1 is 1.38 bits per heavy atom. The van der Waals surface area contributed by atoms with Gasteiger partial charge in [0.1, 0.15) is 10.6 Å². The van der Waals surface area contributed by atoms with Gasteiger partial charge < -0.3 is 10.1 Å². The minimum absolute atomic E-state index is 0.255. The second-order valence-corrected chi connectivity index (χ2v) is 5.64. The van der Waals surface area contributed by atoms with Gasteiger partial charge in [-0.1, -0.05) is 0 Å². The van der Waals surface area contributed by atoms with E-state index in [0.29, 0.717) is 22.2 Å². The van der Waals surface area contributed by atoms with Crippen molar-refractivity contribution in [1.82, 2.24) is 9.78 Å². The number of hydrogen-bond donors (Lipinski definition) is 1. The van der Waals surface area contributed by atoms with Crippen molar-refractivity contribution >= 4 is 28.2 Å². The molecule has 2 heterocycles. The Hall–Kier alpha value is -2.15. The van der Waals surface area contributed by atoms with E-state index in [1.807, 2.05) is 13.8 Å². The first kappa shape index (κ1) is 15.2. The first-order valence-electron chi connectivity index (χ1n) is 6.52. The van der Waals surface area contributed by atoms with Crippen molar-refractivity contribution in [3.05, 3.63) is 34.0 Å². The molecule has 0 aromatic carbocycles. The van der Waals surface area contributed by atoms with E-state index < -0.39 is 0 Å². The molecule has 2 aromatic rings. The number of nitrogens with zero attached hydrogens (tertiary/aromatic N) is 2. The average Bonchev–Trinajstić information content (AvgIpc) is 2.92. The monoisotopic (exact) mass is 307 g/mol. The minimum atomic E-state index is -0.364. The maximum absolute atomic E-state index is 12.2. The van der Waals surface area contributed by atoms with Gasteiger partial charge in [-0.25, -0.2) is 4.79 Å². The molecule has 2 rings (SSSR count). The highest BCUT2D eigenvalue weighted by Gasteiger charge is 2.17. The molecule has 112 valence electrons. The molecule has 0 aliphatic rings. The molecule has 0 fully saturated rings. The normalized spacial score (nSPS) is 10.5. The summed E-state index contributed by atoms with van der Waals surface area (Å²) in [7, 11) is 1.71. The molecule has 6 nitrogen and oxygen atoms in total. The van der Waals surface area contributed by atoms with Gasteiger partial charge in [-0.2, -0.15) is 5.10 Å². The van der Waals surface area contributed by atoms with Gasteiger partial charge in [0, 0.05) is 7.05 Å². The van der Waals surface area contributed by atoms with Crippen molar-refractivity contribution in [1.29, 1.82) is 0 Å². The number of aromatic nitrogens is 2. The van der Waals surface area contributed by atoms with E-state index >= 15 is 0 Å². The third kappa shape index (κ3) is 3.30. The van der Waals surface area contributed by atoms with E-state index in [1.54, 1.807) is 26.1 Å². The minimum Gasteiger partial charge on any atom is -0.462 e. The summed E-state index contributed by atoms with van der Waals surface area (Å²) in [6, 6.07) is 3.47. The number of nitrogens with one attached hydrogen (secondary N) is 1. The number of rotatable bonds is 4. The third-order valence-electron chi connectivity index (χ3n) is 2.85. The fourth-order valence-electron chi connectivity index (χ4n) is 1.94. The Morgan fingerprint density at radius 2 is 2.10 bits per heavy atom. The Kier molecular flexibility index (Phi) is 4.42. The van der Waals surface area contributed by atoms with Crippen LogP contribution in [0.2, 0.25) is 0 Å². The lowest BCUT2D eigenvalue weighted by Crippen LogP contribution is -2.15. The highest BCUT2D eigenvalue weighted by molar-refractivity contribution is 7.18. The van der Waals surface area contributed by atoms with Crippen molar-refractivity contribution in [2.24, 2.45) is 7.05 Å². The zero-order valence-corrected chi connectivity index (χ0v) is 13.2. The summed E-state index contributed by atoms with van der Waals surface area (Å²) in [6.45, 7) is 5.72. The predicted octanol–water partition coefficient (Wildman–Crippen LogP) is 2.53. The fourth-order valence-corrected chi connectivity index (χ4v) is 2.90. The zero-order valence-electron chi connectivity index (χ0n) is 12.4. The van der Waals surface area contributed by atoms with Gasteiger partial charge in [0.15, 0.2) is 0 Å². The van der Waals surface area contributed by atoms with Crippen LogP contribution < -0.4 is 5.32 Å². The number of carbonyl (C=O) groups is 2. The molecule has 0 aliphatic heterocycles. The zero-order chi connectivity index (χ0) is 15.6. The lowest BCUT2D eigenvalue weighted by molar-refractivity contribution is 0.0531. The van der Waals surface area contributed by atoms with Gasteiger partial charge in [0.2, 0.25) is 0 Å². The Bertz CT molecular complexity index is 688. The molecule has 0 aliphatic carbocycles. The molecule has 7 heteroatoms. The van der Waals surface area contributed by atoms with Gasteiger partial charge in [0.25, 0.3) is 5.91 Å². The molecule has 0 atom stereocenters. The van der Waals surface area contributed by atoms with Gasteiger partial charge >= 0.3 is 5.97 Å². The van der Waals surface area contributed by atoms with Gasteiger partial charge in [-0.05, 0) is 38.5 Å². The number of carbonyl (C=O) groups excluding carboxylic acids is 2. The smallest absolute Gasteiger partial charge is 0.348 e. The van der Waals surface area contributed by atoms with Crippen molar-refractivity contribution in [3.63, 3.8) is 0 Å². The summed E-state index contributed by atoms with van der Waals surface area (Å²) in [6.07, 6.45) is 0. The van der Waals surface area contributed by atoms with E-state index in [-0.39, 0.29) is 11.9 Å². The number of ether oxygens (including phenoxy) is 1. The maximum atomic E-state index is 12.2. The summed E-state index contributed by atoms with van der Waals surface area (Å²) in [5.74, 6) is -0.619. The molecule has 0 spiro atoms. The number of thiophene rings is 1. The van der Waals surface area contributed by atoms with Crippen LogP contribution in [0.25, 0.3) is 0 Å². The predicted molar refractivity (Wildman–Crippen MR) is 80.9 cm³/mol. The van der Waals surface area contributed by atoms with Gasteiger partial charge in [-0.3, -0.25) is 9.48 Å². The molecule has 0 bridgehead atoms. The SMILES string of the molecule is CCOC(=O)c1sc(NC(=O)c2cc(C)nn2C)cc1C. The van der Waals surface area contributed by atoms with Crippen LogP contribution in [-0.2, 0) is 11.8 Å². The molecule has 1 N–H and O–H groups in total. The summed E-state index contributed by atoms with van der Waals surface area (Å²) in [4.78, 5) is 24.4. The number of aryl methyl sites for hydroxylation is 3.